The van der Waals surface area contributed by atoms with Crippen LogP contribution in [0.1, 0.15) is 27.7 Å². The van der Waals surface area contributed by atoms with Gasteiger partial charge < -0.3 is 5.32 Å². The van der Waals surface area contributed by atoms with Crippen LogP contribution >= 0.6 is 0 Å². The first-order valence-corrected chi connectivity index (χ1v) is 6.52. The van der Waals surface area contributed by atoms with Gasteiger partial charge in [-0.2, -0.15) is 0 Å². The molecule has 106 valence electrons. The van der Waals surface area contributed by atoms with E-state index < -0.39 is 4.92 Å². The Morgan fingerprint density at radius 2 is 2.00 bits per heavy atom. The summed E-state index contributed by atoms with van der Waals surface area (Å²) >= 11 is 0. The minimum atomic E-state index is -0.415. The molecule has 0 fully saturated rings. The standard InChI is InChI=1S/C13H22N4O2/c1-10(2)16(11(3)4)8-7-15-13-9-12(17(18)19)5-6-14-13/h5-6,9-11H,7-8H2,1-4H3,(H,14,15). The van der Waals surface area contributed by atoms with Gasteiger partial charge in [-0.3, -0.25) is 15.0 Å². The van der Waals surface area contributed by atoms with Crippen LogP contribution in [0.2, 0.25) is 0 Å². The van der Waals surface area contributed by atoms with Crippen molar-refractivity contribution in [2.45, 2.75) is 39.8 Å². The second-order valence-corrected chi connectivity index (χ2v) is 5.01. The summed E-state index contributed by atoms with van der Waals surface area (Å²) in [5.41, 5.74) is 0.0575. The van der Waals surface area contributed by atoms with Crippen LogP contribution in [0.4, 0.5) is 11.5 Å². The monoisotopic (exact) mass is 266 g/mol. The van der Waals surface area contributed by atoms with Crippen LogP contribution in [0.3, 0.4) is 0 Å². The molecule has 1 N–H and O–H groups in total. The fourth-order valence-electron chi connectivity index (χ4n) is 2.06. The van der Waals surface area contributed by atoms with E-state index in [4.69, 9.17) is 0 Å². The maximum atomic E-state index is 10.7. The van der Waals surface area contributed by atoms with Crippen LogP contribution in [-0.4, -0.2) is 40.0 Å². The molecule has 1 heterocycles. The van der Waals surface area contributed by atoms with Gasteiger partial charge in [-0.15, -0.1) is 0 Å². The molecule has 0 amide bonds. The molecule has 0 radical (unpaired) electrons. The summed E-state index contributed by atoms with van der Waals surface area (Å²) in [6, 6.07) is 3.79. The van der Waals surface area contributed by atoms with Crippen molar-refractivity contribution in [3.8, 4) is 0 Å². The van der Waals surface area contributed by atoms with Crippen molar-refractivity contribution in [3.63, 3.8) is 0 Å². The number of aromatic nitrogens is 1. The maximum absolute atomic E-state index is 10.7. The van der Waals surface area contributed by atoms with E-state index in [0.717, 1.165) is 6.54 Å². The summed E-state index contributed by atoms with van der Waals surface area (Å²) in [5.74, 6) is 0.543. The van der Waals surface area contributed by atoms with Crippen LogP contribution in [0.15, 0.2) is 18.3 Å². The third kappa shape index (κ3) is 4.82. The zero-order chi connectivity index (χ0) is 14.4. The second-order valence-electron chi connectivity index (χ2n) is 5.01. The molecule has 0 aliphatic carbocycles. The van der Waals surface area contributed by atoms with Crippen LogP contribution in [-0.2, 0) is 0 Å². The second kappa shape index (κ2) is 7.04. The van der Waals surface area contributed by atoms with E-state index in [1.807, 2.05) is 0 Å². The van der Waals surface area contributed by atoms with Gasteiger partial charge in [0.1, 0.15) is 5.82 Å². The first-order valence-electron chi connectivity index (χ1n) is 6.52. The fourth-order valence-corrected chi connectivity index (χ4v) is 2.06. The Labute approximate surface area is 114 Å². The predicted octanol–water partition coefficient (Wildman–Crippen LogP) is 2.52. The molecular formula is C13H22N4O2. The zero-order valence-corrected chi connectivity index (χ0v) is 12.0. The molecule has 19 heavy (non-hydrogen) atoms. The molecule has 0 aromatic carbocycles. The number of rotatable bonds is 7. The van der Waals surface area contributed by atoms with Gasteiger partial charge in [0.25, 0.3) is 5.69 Å². The minimum Gasteiger partial charge on any atom is -0.369 e. The summed E-state index contributed by atoms with van der Waals surface area (Å²) in [4.78, 5) is 16.7. The average molecular weight is 266 g/mol. The van der Waals surface area contributed by atoms with Gasteiger partial charge >= 0.3 is 0 Å². The van der Waals surface area contributed by atoms with Gasteiger partial charge in [-0.25, -0.2) is 4.98 Å². The lowest BCUT2D eigenvalue weighted by Crippen LogP contribution is -2.40. The Hall–Kier alpha value is -1.69. The third-order valence-corrected chi connectivity index (χ3v) is 2.96. The number of pyridine rings is 1. The van der Waals surface area contributed by atoms with Crippen molar-refractivity contribution in [3.05, 3.63) is 28.4 Å². The number of nitrogens with one attached hydrogen (secondary N) is 1. The number of hydrogen-bond acceptors (Lipinski definition) is 5. The minimum absolute atomic E-state index is 0.0575. The van der Waals surface area contributed by atoms with Crippen molar-refractivity contribution in [1.29, 1.82) is 0 Å². The highest BCUT2D eigenvalue weighted by molar-refractivity contribution is 5.44. The van der Waals surface area contributed by atoms with Crippen LogP contribution in [0, 0.1) is 10.1 Å². The molecule has 1 aromatic heterocycles. The van der Waals surface area contributed by atoms with Gasteiger partial charge in [0, 0.05) is 37.4 Å². The molecule has 0 atom stereocenters. The van der Waals surface area contributed by atoms with E-state index in [9.17, 15) is 10.1 Å². The fraction of sp³-hybridized carbons (Fsp3) is 0.615. The lowest BCUT2D eigenvalue weighted by atomic mass is 10.2. The van der Waals surface area contributed by atoms with E-state index in [1.165, 1.54) is 18.3 Å². The Balaban J connectivity index is 2.53. The lowest BCUT2D eigenvalue weighted by molar-refractivity contribution is -0.384. The van der Waals surface area contributed by atoms with Gasteiger partial charge in [0.2, 0.25) is 0 Å². The van der Waals surface area contributed by atoms with Crippen LogP contribution < -0.4 is 5.32 Å². The van der Waals surface area contributed by atoms with E-state index >= 15 is 0 Å². The molecule has 6 nitrogen and oxygen atoms in total. The van der Waals surface area contributed by atoms with Crippen molar-refractivity contribution >= 4 is 11.5 Å². The zero-order valence-electron chi connectivity index (χ0n) is 12.0. The van der Waals surface area contributed by atoms with Crippen LogP contribution in [0.25, 0.3) is 0 Å². The quantitative estimate of drug-likeness (QED) is 0.606. The molecule has 6 heteroatoms. The van der Waals surface area contributed by atoms with Crippen molar-refractivity contribution in [2.75, 3.05) is 18.4 Å². The number of hydrogen-bond donors (Lipinski definition) is 1. The summed E-state index contributed by atoms with van der Waals surface area (Å²) in [6.45, 7) is 10.2. The SMILES string of the molecule is CC(C)N(CCNc1cc([N+](=O)[O-])ccn1)C(C)C. The highest BCUT2D eigenvalue weighted by atomic mass is 16.6. The van der Waals surface area contributed by atoms with Gasteiger partial charge in [0.05, 0.1) is 11.0 Å². The van der Waals surface area contributed by atoms with E-state index in [2.05, 4.69) is 42.9 Å². The van der Waals surface area contributed by atoms with E-state index in [1.54, 1.807) is 0 Å². The molecule has 0 aliphatic rings. The summed E-state index contributed by atoms with van der Waals surface area (Å²) in [6.07, 6.45) is 1.45. The molecule has 0 unspecified atom stereocenters. The third-order valence-electron chi connectivity index (χ3n) is 2.96. The molecule has 1 rings (SSSR count). The Kier molecular flexibility index (Phi) is 5.69. The maximum Gasteiger partial charge on any atom is 0.274 e. The van der Waals surface area contributed by atoms with Crippen molar-refractivity contribution in [1.82, 2.24) is 9.88 Å². The Morgan fingerprint density at radius 3 is 2.53 bits per heavy atom. The average Bonchev–Trinajstić information content (AvgIpc) is 2.34. The highest BCUT2D eigenvalue weighted by Gasteiger charge is 2.12. The molecule has 0 saturated carbocycles. The molecular weight excluding hydrogens is 244 g/mol. The Bertz CT molecular complexity index is 413. The molecule has 0 aliphatic heterocycles. The highest BCUT2D eigenvalue weighted by Crippen LogP contribution is 2.14. The largest absolute Gasteiger partial charge is 0.369 e. The van der Waals surface area contributed by atoms with Crippen LogP contribution in [0.5, 0.6) is 0 Å². The van der Waals surface area contributed by atoms with Gasteiger partial charge in [-0.1, -0.05) is 0 Å². The predicted molar refractivity (Wildman–Crippen MR) is 76.4 cm³/mol. The topological polar surface area (TPSA) is 71.3 Å². The lowest BCUT2D eigenvalue weighted by Gasteiger charge is -2.30. The first kappa shape index (κ1) is 15.4. The van der Waals surface area contributed by atoms with E-state index in [0.29, 0.717) is 24.4 Å². The van der Waals surface area contributed by atoms with Gasteiger partial charge in [-0.05, 0) is 27.7 Å². The van der Waals surface area contributed by atoms with E-state index in [-0.39, 0.29) is 5.69 Å². The summed E-state index contributed by atoms with van der Waals surface area (Å²) < 4.78 is 0. The normalized spacial score (nSPS) is 11.3. The molecule has 0 bridgehead atoms. The van der Waals surface area contributed by atoms with Gasteiger partial charge in [0.15, 0.2) is 0 Å². The summed E-state index contributed by atoms with van der Waals surface area (Å²) in [5, 5.41) is 13.8. The number of nitrogens with zero attached hydrogens (tertiary/aromatic N) is 3. The number of nitro groups is 1. The summed E-state index contributed by atoms with van der Waals surface area (Å²) in [7, 11) is 0. The van der Waals surface area contributed by atoms with Crippen molar-refractivity contribution in [2.24, 2.45) is 0 Å². The molecule has 0 saturated heterocycles. The number of anilines is 1. The van der Waals surface area contributed by atoms with Crippen molar-refractivity contribution < 1.29 is 4.92 Å². The first-order chi connectivity index (χ1) is 8.91. The Morgan fingerprint density at radius 1 is 1.37 bits per heavy atom. The molecule has 1 aromatic rings. The molecule has 0 spiro atoms. The smallest absolute Gasteiger partial charge is 0.274 e.